The van der Waals surface area contributed by atoms with Crippen molar-refractivity contribution >= 4 is 23.7 Å². The number of carbonyl (C=O) groups excluding carboxylic acids is 3. The molecule has 10 heteroatoms. The van der Waals surface area contributed by atoms with Gasteiger partial charge in [-0.3, -0.25) is 14.4 Å². The highest BCUT2D eigenvalue weighted by molar-refractivity contribution is 5.94. The molecule has 7 unspecified atom stereocenters. The molecule has 0 fully saturated rings. The van der Waals surface area contributed by atoms with Crippen molar-refractivity contribution in [2.24, 2.45) is 23.5 Å². The number of aliphatic carboxylic acids is 1. The average molecular weight is 459 g/mol. The first kappa shape index (κ1) is 29.8. The Morgan fingerprint density at radius 2 is 1.25 bits per heavy atom. The van der Waals surface area contributed by atoms with Crippen molar-refractivity contribution in [2.75, 3.05) is 0 Å². The van der Waals surface area contributed by atoms with Crippen molar-refractivity contribution in [2.45, 2.75) is 98.0 Å². The standard InChI is InChI=1S/C22H42N4O6/c1-8-12(5)17(25-20(29)16(23)14(7)27)21(30)24-15(10-11(3)4)19(28)26-18(22(31)32)13(6)9-2/h11-18,27H,8-10,23H2,1-7H3,(H,24,30)(H,25,29)(H,26,28)(H,31,32). The molecule has 0 aromatic rings. The van der Waals surface area contributed by atoms with E-state index in [1.165, 1.54) is 6.92 Å². The zero-order valence-electron chi connectivity index (χ0n) is 20.3. The number of amides is 3. The number of nitrogens with two attached hydrogens (primary N) is 1. The fourth-order valence-electron chi connectivity index (χ4n) is 3.07. The van der Waals surface area contributed by atoms with Crippen LogP contribution >= 0.6 is 0 Å². The normalized spacial score (nSPS) is 17.9. The highest BCUT2D eigenvalue weighted by atomic mass is 16.4. The van der Waals surface area contributed by atoms with E-state index in [9.17, 15) is 29.4 Å². The number of hydrogen-bond acceptors (Lipinski definition) is 6. The number of hydrogen-bond donors (Lipinski definition) is 6. The number of aliphatic hydroxyl groups is 1. The van der Waals surface area contributed by atoms with E-state index in [1.54, 1.807) is 13.8 Å². The number of rotatable bonds is 14. The van der Waals surface area contributed by atoms with Crippen LogP contribution in [0.5, 0.6) is 0 Å². The molecule has 0 radical (unpaired) electrons. The Bertz CT molecular complexity index is 640. The van der Waals surface area contributed by atoms with E-state index in [2.05, 4.69) is 16.0 Å². The van der Waals surface area contributed by atoms with Crippen molar-refractivity contribution in [1.29, 1.82) is 0 Å². The summed E-state index contributed by atoms with van der Waals surface area (Å²) in [5.74, 6) is -3.49. The van der Waals surface area contributed by atoms with Gasteiger partial charge in [-0.15, -0.1) is 0 Å². The number of carboxylic acid groups (broad SMARTS) is 1. The Kier molecular flexibility index (Phi) is 13.1. The van der Waals surface area contributed by atoms with Gasteiger partial charge >= 0.3 is 5.97 Å². The summed E-state index contributed by atoms with van der Waals surface area (Å²) in [5, 5.41) is 26.8. The lowest BCUT2D eigenvalue weighted by molar-refractivity contribution is -0.144. The number of carboxylic acids is 1. The van der Waals surface area contributed by atoms with Crippen LogP contribution in [-0.4, -0.2) is 64.2 Å². The fourth-order valence-corrected chi connectivity index (χ4v) is 3.07. The molecule has 0 aliphatic rings. The van der Waals surface area contributed by atoms with Gasteiger partial charge in [-0.25, -0.2) is 4.79 Å². The minimum atomic E-state index is -1.20. The van der Waals surface area contributed by atoms with Crippen LogP contribution in [0.1, 0.15) is 67.7 Å². The second-order valence-electron chi connectivity index (χ2n) is 9.04. The molecular formula is C22H42N4O6. The molecule has 0 saturated heterocycles. The Labute approximate surface area is 191 Å². The predicted octanol–water partition coefficient (Wildman–Crippen LogP) is 0.372. The molecule has 32 heavy (non-hydrogen) atoms. The lowest BCUT2D eigenvalue weighted by atomic mass is 9.95. The topological polar surface area (TPSA) is 171 Å². The van der Waals surface area contributed by atoms with Gasteiger partial charge in [0.05, 0.1) is 6.10 Å². The molecule has 7 atom stereocenters. The van der Waals surface area contributed by atoms with Crippen LogP contribution in [0, 0.1) is 17.8 Å². The molecule has 0 heterocycles. The van der Waals surface area contributed by atoms with E-state index < -0.39 is 54.0 Å². The summed E-state index contributed by atoms with van der Waals surface area (Å²) in [6.07, 6.45) is 0.324. The Hall–Kier alpha value is -2.20. The Morgan fingerprint density at radius 3 is 1.66 bits per heavy atom. The van der Waals surface area contributed by atoms with E-state index in [1.807, 2.05) is 27.7 Å². The van der Waals surface area contributed by atoms with Gasteiger partial charge in [0.25, 0.3) is 0 Å². The molecule has 3 amide bonds. The summed E-state index contributed by atoms with van der Waals surface area (Å²) in [4.78, 5) is 49.9. The first-order valence-corrected chi connectivity index (χ1v) is 11.3. The maximum atomic E-state index is 13.1. The van der Waals surface area contributed by atoms with Crippen LogP contribution in [0.4, 0.5) is 0 Å². The smallest absolute Gasteiger partial charge is 0.326 e. The van der Waals surface area contributed by atoms with E-state index in [4.69, 9.17) is 5.73 Å². The van der Waals surface area contributed by atoms with E-state index >= 15 is 0 Å². The van der Waals surface area contributed by atoms with Gasteiger partial charge in [-0.2, -0.15) is 0 Å². The minimum absolute atomic E-state index is 0.0400. The third kappa shape index (κ3) is 9.52. The summed E-state index contributed by atoms with van der Waals surface area (Å²) in [7, 11) is 0. The lowest BCUT2D eigenvalue weighted by Crippen LogP contribution is -2.60. The molecule has 0 spiro atoms. The summed E-state index contributed by atoms with van der Waals surface area (Å²) in [5.41, 5.74) is 5.68. The highest BCUT2D eigenvalue weighted by Gasteiger charge is 2.34. The maximum absolute atomic E-state index is 13.1. The third-order valence-corrected chi connectivity index (χ3v) is 5.73. The second kappa shape index (κ2) is 14.1. The monoisotopic (exact) mass is 458 g/mol. The molecular weight excluding hydrogens is 416 g/mol. The van der Waals surface area contributed by atoms with Crippen molar-refractivity contribution in [1.82, 2.24) is 16.0 Å². The highest BCUT2D eigenvalue weighted by Crippen LogP contribution is 2.13. The van der Waals surface area contributed by atoms with Crippen molar-refractivity contribution in [3.63, 3.8) is 0 Å². The quantitative estimate of drug-likeness (QED) is 0.218. The summed E-state index contributed by atoms with van der Waals surface area (Å²) >= 11 is 0. The summed E-state index contributed by atoms with van der Waals surface area (Å²) < 4.78 is 0. The summed E-state index contributed by atoms with van der Waals surface area (Å²) in [6.45, 7) is 12.3. The first-order valence-electron chi connectivity index (χ1n) is 11.3. The zero-order valence-corrected chi connectivity index (χ0v) is 20.3. The Balaban J connectivity index is 5.62. The average Bonchev–Trinajstić information content (AvgIpc) is 2.72. The number of aliphatic hydroxyl groups excluding tert-OH is 1. The number of nitrogens with one attached hydrogen (secondary N) is 3. The van der Waals surface area contributed by atoms with E-state index in [0.717, 1.165) is 0 Å². The molecule has 10 nitrogen and oxygen atoms in total. The molecule has 0 bridgehead atoms. The third-order valence-electron chi connectivity index (χ3n) is 5.73. The molecule has 0 aliphatic heterocycles. The largest absolute Gasteiger partial charge is 0.480 e. The maximum Gasteiger partial charge on any atom is 0.326 e. The van der Waals surface area contributed by atoms with Crippen LogP contribution in [-0.2, 0) is 19.2 Å². The van der Waals surface area contributed by atoms with Gasteiger partial charge in [0.2, 0.25) is 17.7 Å². The number of carbonyl (C=O) groups is 4. The first-order chi connectivity index (χ1) is 14.8. The van der Waals surface area contributed by atoms with Gasteiger partial charge in [-0.1, -0.05) is 54.4 Å². The van der Waals surface area contributed by atoms with Crippen LogP contribution in [0.25, 0.3) is 0 Å². The summed E-state index contributed by atoms with van der Waals surface area (Å²) in [6, 6.07) is -4.21. The van der Waals surface area contributed by atoms with Gasteiger partial charge in [0, 0.05) is 0 Å². The van der Waals surface area contributed by atoms with Crippen molar-refractivity contribution in [3.05, 3.63) is 0 Å². The molecule has 0 aromatic heterocycles. The van der Waals surface area contributed by atoms with E-state index in [0.29, 0.717) is 19.3 Å². The van der Waals surface area contributed by atoms with Gasteiger partial charge < -0.3 is 31.9 Å². The van der Waals surface area contributed by atoms with Crippen molar-refractivity contribution in [3.8, 4) is 0 Å². The molecule has 186 valence electrons. The van der Waals surface area contributed by atoms with Crippen molar-refractivity contribution < 1.29 is 29.4 Å². The molecule has 0 saturated carbocycles. The lowest BCUT2D eigenvalue weighted by Gasteiger charge is -2.29. The predicted molar refractivity (Wildman–Crippen MR) is 121 cm³/mol. The SMILES string of the molecule is CCC(C)C(NC(=O)C(CC(C)C)NC(=O)C(NC(=O)C(N)C(C)O)C(C)CC)C(=O)O. The molecule has 7 N–H and O–H groups in total. The van der Waals surface area contributed by atoms with Gasteiger partial charge in [-0.05, 0) is 31.1 Å². The zero-order chi connectivity index (χ0) is 25.2. The fraction of sp³-hybridized carbons (Fsp3) is 0.818. The van der Waals surface area contributed by atoms with Gasteiger partial charge in [0.1, 0.15) is 24.2 Å². The van der Waals surface area contributed by atoms with E-state index in [-0.39, 0.29) is 17.8 Å². The van der Waals surface area contributed by atoms with Crippen LogP contribution in [0.3, 0.4) is 0 Å². The molecule has 0 aliphatic carbocycles. The second-order valence-corrected chi connectivity index (χ2v) is 9.04. The van der Waals surface area contributed by atoms with Crippen LogP contribution < -0.4 is 21.7 Å². The van der Waals surface area contributed by atoms with Gasteiger partial charge in [0.15, 0.2) is 0 Å². The van der Waals surface area contributed by atoms with Crippen LogP contribution in [0.15, 0.2) is 0 Å². The Morgan fingerprint density at radius 1 is 0.781 bits per heavy atom. The van der Waals surface area contributed by atoms with Crippen LogP contribution in [0.2, 0.25) is 0 Å². The molecule has 0 aromatic carbocycles. The molecule has 0 rings (SSSR count). The minimum Gasteiger partial charge on any atom is -0.480 e.